The van der Waals surface area contributed by atoms with Crippen LogP contribution in [-0.2, 0) is 14.8 Å². The van der Waals surface area contributed by atoms with Gasteiger partial charge in [-0.2, -0.15) is 0 Å². The highest BCUT2D eigenvalue weighted by Crippen LogP contribution is 2.19. The zero-order chi connectivity index (χ0) is 10.8. The number of carboxylic acid groups (broad SMARTS) is 1. The van der Waals surface area contributed by atoms with Gasteiger partial charge in [0.25, 0.3) is 0 Å². The molecule has 6 nitrogen and oxygen atoms in total. The summed E-state index contributed by atoms with van der Waals surface area (Å²) in [4.78, 5) is 10.3. The molecule has 0 heterocycles. The predicted octanol–water partition coefficient (Wildman–Crippen LogP) is -1.13. The Morgan fingerprint density at radius 1 is 1.57 bits per heavy atom. The number of aliphatic carboxylic acids is 1. The molecule has 0 aliphatic heterocycles. The molecule has 7 heteroatoms. The molecule has 0 radical (unpaired) electrons. The molecule has 1 saturated carbocycles. The van der Waals surface area contributed by atoms with Crippen LogP contribution in [0.1, 0.15) is 19.3 Å². The molecular formula is C7H14N2O4S. The molecule has 0 bridgehead atoms. The normalized spacial score (nSPS) is 19.2. The zero-order valence-electron chi connectivity index (χ0n) is 7.64. The first kappa shape index (κ1) is 11.4. The second-order valence-electron chi connectivity index (χ2n) is 3.44. The summed E-state index contributed by atoms with van der Waals surface area (Å²) in [6, 6.07) is -1.05. The van der Waals surface area contributed by atoms with E-state index in [1.807, 2.05) is 0 Å². The van der Waals surface area contributed by atoms with Crippen molar-refractivity contribution in [2.75, 3.05) is 5.75 Å². The SMILES string of the molecule is NC(CCS(=O)(=O)NC1CC1)C(=O)O. The van der Waals surface area contributed by atoms with Gasteiger partial charge in [0.1, 0.15) is 6.04 Å². The number of carbonyl (C=O) groups is 1. The fourth-order valence-corrected chi connectivity index (χ4v) is 2.35. The summed E-state index contributed by atoms with van der Waals surface area (Å²) in [5.41, 5.74) is 5.18. The molecule has 1 unspecified atom stereocenters. The van der Waals surface area contributed by atoms with Crippen molar-refractivity contribution in [3.8, 4) is 0 Å². The Bertz CT molecular complexity index is 310. The van der Waals surface area contributed by atoms with E-state index >= 15 is 0 Å². The molecule has 0 spiro atoms. The molecule has 1 atom stereocenters. The Morgan fingerprint density at radius 3 is 2.57 bits per heavy atom. The van der Waals surface area contributed by atoms with Crippen molar-refractivity contribution in [1.82, 2.24) is 4.72 Å². The van der Waals surface area contributed by atoms with E-state index in [4.69, 9.17) is 10.8 Å². The molecule has 0 aromatic carbocycles. The summed E-state index contributed by atoms with van der Waals surface area (Å²) < 4.78 is 24.9. The molecule has 1 rings (SSSR count). The van der Waals surface area contributed by atoms with Gasteiger partial charge >= 0.3 is 5.97 Å². The minimum absolute atomic E-state index is 0.0565. The van der Waals surface area contributed by atoms with E-state index in [1.54, 1.807) is 0 Å². The number of rotatable bonds is 6. The lowest BCUT2D eigenvalue weighted by atomic mass is 10.2. The van der Waals surface area contributed by atoms with E-state index in [-0.39, 0.29) is 18.2 Å². The van der Waals surface area contributed by atoms with Crippen LogP contribution >= 0.6 is 0 Å². The topological polar surface area (TPSA) is 109 Å². The predicted molar refractivity (Wildman–Crippen MR) is 50.2 cm³/mol. The van der Waals surface area contributed by atoms with Crippen LogP contribution in [0.5, 0.6) is 0 Å². The molecule has 0 aromatic rings. The van der Waals surface area contributed by atoms with Gasteiger partial charge in [0.2, 0.25) is 10.0 Å². The zero-order valence-corrected chi connectivity index (χ0v) is 8.46. The van der Waals surface area contributed by atoms with Gasteiger partial charge in [-0.3, -0.25) is 4.79 Å². The van der Waals surface area contributed by atoms with Crippen LogP contribution in [0, 0.1) is 0 Å². The van der Waals surface area contributed by atoms with Gasteiger partial charge in [-0.15, -0.1) is 0 Å². The number of hydrogen-bond donors (Lipinski definition) is 3. The maximum absolute atomic E-state index is 11.2. The first-order valence-electron chi connectivity index (χ1n) is 4.39. The minimum Gasteiger partial charge on any atom is -0.480 e. The maximum atomic E-state index is 11.2. The van der Waals surface area contributed by atoms with Gasteiger partial charge < -0.3 is 10.8 Å². The lowest BCUT2D eigenvalue weighted by molar-refractivity contribution is -0.138. The molecule has 0 amide bonds. The standard InChI is InChI=1S/C7H14N2O4S/c8-6(7(10)11)3-4-14(12,13)9-5-1-2-5/h5-6,9H,1-4,8H2,(H,10,11). The van der Waals surface area contributed by atoms with E-state index in [2.05, 4.69) is 4.72 Å². The van der Waals surface area contributed by atoms with E-state index in [0.717, 1.165) is 12.8 Å². The van der Waals surface area contributed by atoms with Crippen molar-refractivity contribution in [2.24, 2.45) is 5.73 Å². The average molecular weight is 222 g/mol. The maximum Gasteiger partial charge on any atom is 0.320 e. The van der Waals surface area contributed by atoms with Gasteiger partial charge in [0.05, 0.1) is 5.75 Å². The summed E-state index contributed by atoms with van der Waals surface area (Å²) in [6.45, 7) is 0. The average Bonchev–Trinajstić information content (AvgIpc) is 2.83. The van der Waals surface area contributed by atoms with E-state index in [9.17, 15) is 13.2 Å². The Morgan fingerprint density at radius 2 is 2.14 bits per heavy atom. The number of nitrogens with two attached hydrogens (primary N) is 1. The molecule has 4 N–H and O–H groups in total. The van der Waals surface area contributed by atoms with Crippen LogP contribution in [0.3, 0.4) is 0 Å². The van der Waals surface area contributed by atoms with E-state index in [0.29, 0.717) is 0 Å². The monoisotopic (exact) mass is 222 g/mol. The smallest absolute Gasteiger partial charge is 0.320 e. The number of nitrogens with one attached hydrogen (secondary N) is 1. The fraction of sp³-hybridized carbons (Fsp3) is 0.857. The molecule has 82 valence electrons. The highest BCUT2D eigenvalue weighted by Gasteiger charge is 2.27. The molecule has 1 fully saturated rings. The van der Waals surface area contributed by atoms with Crippen LogP contribution in [0.4, 0.5) is 0 Å². The Balaban J connectivity index is 2.31. The summed E-state index contributed by atoms with van der Waals surface area (Å²) in [5.74, 6) is -1.40. The number of sulfonamides is 1. The van der Waals surface area contributed by atoms with E-state index < -0.39 is 22.0 Å². The molecule has 1 aliphatic rings. The summed E-state index contributed by atoms with van der Waals surface area (Å²) in [7, 11) is -3.34. The first-order chi connectivity index (χ1) is 6.41. The minimum atomic E-state index is -3.34. The van der Waals surface area contributed by atoms with Crippen LogP contribution in [0.2, 0.25) is 0 Å². The number of hydrogen-bond acceptors (Lipinski definition) is 4. The molecule has 14 heavy (non-hydrogen) atoms. The van der Waals surface area contributed by atoms with Crippen molar-refractivity contribution in [3.63, 3.8) is 0 Å². The Hall–Kier alpha value is -0.660. The van der Waals surface area contributed by atoms with Gasteiger partial charge in [-0.1, -0.05) is 0 Å². The summed E-state index contributed by atoms with van der Waals surface area (Å²) >= 11 is 0. The van der Waals surface area contributed by atoms with Crippen molar-refractivity contribution in [3.05, 3.63) is 0 Å². The van der Waals surface area contributed by atoms with E-state index in [1.165, 1.54) is 0 Å². The molecule has 0 saturated heterocycles. The third-order valence-corrected chi connectivity index (χ3v) is 3.40. The van der Waals surface area contributed by atoms with Crippen LogP contribution in [0.25, 0.3) is 0 Å². The second kappa shape index (κ2) is 4.24. The molecule has 0 aromatic heterocycles. The Labute approximate surface area is 82.5 Å². The van der Waals surface area contributed by atoms with Gasteiger partial charge in [-0.25, -0.2) is 13.1 Å². The highest BCUT2D eigenvalue weighted by atomic mass is 32.2. The second-order valence-corrected chi connectivity index (χ2v) is 5.32. The van der Waals surface area contributed by atoms with Crippen molar-refractivity contribution >= 4 is 16.0 Å². The van der Waals surface area contributed by atoms with Crippen LogP contribution in [0.15, 0.2) is 0 Å². The van der Waals surface area contributed by atoms with Gasteiger partial charge in [0, 0.05) is 6.04 Å². The summed E-state index contributed by atoms with van der Waals surface area (Å²) in [6.07, 6.45) is 1.67. The van der Waals surface area contributed by atoms with Gasteiger partial charge in [0.15, 0.2) is 0 Å². The lowest BCUT2D eigenvalue weighted by Crippen LogP contribution is -2.35. The Kier molecular flexibility index (Phi) is 3.46. The van der Waals surface area contributed by atoms with Crippen molar-refractivity contribution in [2.45, 2.75) is 31.3 Å². The first-order valence-corrected chi connectivity index (χ1v) is 6.04. The van der Waals surface area contributed by atoms with Crippen LogP contribution < -0.4 is 10.5 Å². The highest BCUT2D eigenvalue weighted by molar-refractivity contribution is 7.89. The van der Waals surface area contributed by atoms with Crippen molar-refractivity contribution < 1.29 is 18.3 Å². The lowest BCUT2D eigenvalue weighted by Gasteiger charge is -2.07. The van der Waals surface area contributed by atoms with Gasteiger partial charge in [-0.05, 0) is 19.3 Å². The quantitative estimate of drug-likeness (QED) is 0.527. The molecular weight excluding hydrogens is 208 g/mol. The van der Waals surface area contributed by atoms with Crippen LogP contribution in [-0.4, -0.2) is 37.3 Å². The third kappa shape index (κ3) is 4.03. The largest absolute Gasteiger partial charge is 0.480 e. The third-order valence-electron chi connectivity index (χ3n) is 1.94. The fourth-order valence-electron chi connectivity index (χ4n) is 0.920. The summed E-state index contributed by atoms with van der Waals surface area (Å²) in [5, 5.41) is 8.43. The number of carboxylic acids is 1. The molecule has 1 aliphatic carbocycles. The van der Waals surface area contributed by atoms with Crippen molar-refractivity contribution in [1.29, 1.82) is 0 Å².